The number of aliphatic imine (C=N–C) groups is 1. The highest BCUT2D eigenvalue weighted by Gasteiger charge is 2.36. The molecule has 0 aliphatic carbocycles. The quantitative estimate of drug-likeness (QED) is 0.490. The van der Waals surface area contributed by atoms with Crippen molar-refractivity contribution in [1.29, 1.82) is 0 Å². The van der Waals surface area contributed by atoms with E-state index >= 15 is 0 Å². The van der Waals surface area contributed by atoms with Crippen molar-refractivity contribution >= 4 is 33.0 Å². The van der Waals surface area contributed by atoms with Crippen LogP contribution in [-0.4, -0.2) is 62.9 Å². The van der Waals surface area contributed by atoms with Gasteiger partial charge >= 0.3 is 0 Å². The molecule has 5 rings (SSSR count). The third-order valence-electron chi connectivity index (χ3n) is 6.73. The third-order valence-corrected chi connectivity index (χ3v) is 7.76. The number of hydrogen-bond donors (Lipinski definition) is 0. The van der Waals surface area contributed by atoms with Crippen molar-refractivity contribution in [3.8, 4) is 11.4 Å². The number of amides is 1. The summed E-state index contributed by atoms with van der Waals surface area (Å²) in [7, 11) is -2.05. The Balaban J connectivity index is 1.51. The number of benzene rings is 2. The van der Waals surface area contributed by atoms with Crippen molar-refractivity contribution in [1.82, 2.24) is 9.78 Å². The average Bonchev–Trinajstić information content (AvgIpc) is 3.30. The van der Waals surface area contributed by atoms with Gasteiger partial charge in [0.05, 0.1) is 12.8 Å². The average molecular weight is 522 g/mol. The zero-order valence-electron chi connectivity index (χ0n) is 21.5. The lowest BCUT2D eigenvalue weighted by Crippen LogP contribution is -2.39. The first-order chi connectivity index (χ1) is 17.7. The number of fused-ring (bicyclic) bond motifs is 1. The van der Waals surface area contributed by atoms with E-state index in [2.05, 4.69) is 23.8 Å². The molecule has 194 valence electrons. The van der Waals surface area contributed by atoms with Gasteiger partial charge in [0.2, 0.25) is 0 Å². The molecular formula is C27H31N5O4S. The number of ether oxygens (including phenoxy) is 1. The van der Waals surface area contributed by atoms with E-state index in [1.54, 1.807) is 36.3 Å². The Kier molecular flexibility index (Phi) is 6.53. The third kappa shape index (κ3) is 4.61. The van der Waals surface area contributed by atoms with Gasteiger partial charge < -0.3 is 14.5 Å². The molecule has 10 heteroatoms. The van der Waals surface area contributed by atoms with E-state index in [0.29, 0.717) is 35.9 Å². The highest BCUT2D eigenvalue weighted by Crippen LogP contribution is 2.32. The predicted octanol–water partition coefficient (Wildman–Crippen LogP) is 3.75. The van der Waals surface area contributed by atoms with E-state index in [1.165, 1.54) is 4.68 Å². The molecule has 0 spiro atoms. The van der Waals surface area contributed by atoms with Gasteiger partial charge in [-0.3, -0.25) is 9.79 Å². The van der Waals surface area contributed by atoms with Crippen LogP contribution in [0.15, 0.2) is 58.5 Å². The molecule has 37 heavy (non-hydrogen) atoms. The lowest BCUT2D eigenvalue weighted by atomic mass is 10.1. The van der Waals surface area contributed by atoms with Crippen LogP contribution >= 0.6 is 0 Å². The highest BCUT2D eigenvalue weighted by atomic mass is 32.2. The van der Waals surface area contributed by atoms with Crippen LogP contribution in [0.5, 0.6) is 5.75 Å². The molecule has 2 aromatic carbocycles. The summed E-state index contributed by atoms with van der Waals surface area (Å²) < 4.78 is 31.7. The monoisotopic (exact) mass is 521 g/mol. The van der Waals surface area contributed by atoms with E-state index in [1.807, 2.05) is 24.3 Å². The first-order valence-corrected chi connectivity index (χ1v) is 14.3. The number of carbonyl (C=O) groups is 1. The van der Waals surface area contributed by atoms with Gasteiger partial charge in [-0.2, -0.15) is 5.10 Å². The van der Waals surface area contributed by atoms with Crippen molar-refractivity contribution in [3.05, 3.63) is 59.8 Å². The van der Waals surface area contributed by atoms with Gasteiger partial charge in [-0.05, 0) is 61.4 Å². The van der Waals surface area contributed by atoms with Gasteiger partial charge in [0.15, 0.2) is 14.9 Å². The molecule has 3 heterocycles. The fourth-order valence-corrected chi connectivity index (χ4v) is 5.85. The number of sulfone groups is 1. The Bertz CT molecular complexity index is 1460. The molecular weight excluding hydrogens is 490 g/mol. The van der Waals surface area contributed by atoms with E-state index < -0.39 is 9.84 Å². The number of hydrogen-bond acceptors (Lipinski definition) is 7. The lowest BCUT2D eigenvalue weighted by Gasteiger charge is -2.32. The molecule has 0 unspecified atom stereocenters. The number of methoxy groups -OCH3 is 1. The molecule has 0 bridgehead atoms. The largest absolute Gasteiger partial charge is 0.497 e. The Hall–Kier alpha value is -3.66. The molecule has 9 nitrogen and oxygen atoms in total. The molecule has 1 amide bonds. The van der Waals surface area contributed by atoms with E-state index in [0.717, 1.165) is 43.0 Å². The highest BCUT2D eigenvalue weighted by molar-refractivity contribution is 7.90. The van der Waals surface area contributed by atoms with Crippen molar-refractivity contribution in [2.24, 2.45) is 10.9 Å². The summed E-state index contributed by atoms with van der Waals surface area (Å²) in [5, 5.41) is 4.34. The van der Waals surface area contributed by atoms with Crippen LogP contribution in [0.2, 0.25) is 0 Å². The van der Waals surface area contributed by atoms with Gasteiger partial charge in [0, 0.05) is 48.7 Å². The predicted molar refractivity (Wildman–Crippen MR) is 144 cm³/mol. The first kappa shape index (κ1) is 25.0. The molecule has 2 aliphatic rings. The number of aromatic nitrogens is 2. The second-order valence-corrected chi connectivity index (χ2v) is 11.6. The summed E-state index contributed by atoms with van der Waals surface area (Å²) in [4.78, 5) is 22.5. The Morgan fingerprint density at radius 2 is 1.54 bits per heavy atom. The maximum Gasteiger partial charge on any atom is 0.277 e. The summed E-state index contributed by atoms with van der Waals surface area (Å²) >= 11 is 0. The smallest absolute Gasteiger partial charge is 0.277 e. The van der Waals surface area contributed by atoms with Crippen LogP contribution in [0, 0.1) is 5.92 Å². The van der Waals surface area contributed by atoms with Crippen molar-refractivity contribution < 1.29 is 17.9 Å². The van der Waals surface area contributed by atoms with Crippen LogP contribution < -0.4 is 14.5 Å². The molecule has 1 aromatic heterocycles. The van der Waals surface area contributed by atoms with Crippen LogP contribution in [0.25, 0.3) is 5.69 Å². The van der Waals surface area contributed by atoms with Gasteiger partial charge in [-0.25, -0.2) is 13.1 Å². The van der Waals surface area contributed by atoms with Crippen molar-refractivity contribution in [3.63, 3.8) is 0 Å². The summed E-state index contributed by atoms with van der Waals surface area (Å²) in [6.07, 6.45) is 2.51. The topological polar surface area (TPSA) is 97.1 Å². The summed E-state index contributed by atoms with van der Waals surface area (Å²) in [5.41, 5.74) is 3.11. The van der Waals surface area contributed by atoms with Crippen LogP contribution in [0.3, 0.4) is 0 Å². The number of rotatable bonds is 6. The minimum Gasteiger partial charge on any atom is -0.497 e. The zero-order chi connectivity index (χ0) is 26.3. The number of carbonyl (C=O) groups excluding carboxylic acids is 1. The summed E-state index contributed by atoms with van der Waals surface area (Å²) in [5.74, 6) is 1.77. The SMILES string of the molecule is COc1ccc(-n2nc(S(C)(=O)=O)c3c2C(=O)N(c2ccc(N4CCCN=C4C(C)C)cc2)CC3)cc1. The molecule has 0 saturated heterocycles. The number of amidine groups is 1. The van der Waals surface area contributed by atoms with Crippen LogP contribution in [0.1, 0.15) is 36.3 Å². The maximum atomic E-state index is 13.8. The van der Waals surface area contributed by atoms with E-state index in [9.17, 15) is 13.2 Å². The number of nitrogens with zero attached hydrogens (tertiary/aromatic N) is 5. The zero-order valence-corrected chi connectivity index (χ0v) is 22.3. The minimum atomic E-state index is -3.62. The second kappa shape index (κ2) is 9.66. The Morgan fingerprint density at radius 1 is 0.919 bits per heavy atom. The Morgan fingerprint density at radius 3 is 2.14 bits per heavy atom. The van der Waals surface area contributed by atoms with Crippen molar-refractivity contribution in [2.75, 3.05) is 42.8 Å². The fourth-order valence-electron chi connectivity index (χ4n) is 4.97. The van der Waals surface area contributed by atoms with Gasteiger partial charge in [-0.15, -0.1) is 0 Å². The van der Waals surface area contributed by atoms with E-state index in [4.69, 9.17) is 9.73 Å². The molecule has 0 atom stereocenters. The molecule has 0 saturated carbocycles. The first-order valence-electron chi connectivity index (χ1n) is 12.4. The standard InChI is InChI=1S/C27H31N5O4S/c1-18(2)25-28-15-5-16-30(25)19-6-8-20(9-7-19)31-17-14-23-24(27(31)33)32(29-26(23)37(4,34)35)21-10-12-22(36-3)13-11-21/h6-13,18H,5,14-17H2,1-4H3. The maximum absolute atomic E-state index is 13.8. The number of anilines is 2. The molecule has 0 N–H and O–H groups in total. The molecule has 3 aromatic rings. The van der Waals surface area contributed by atoms with E-state index in [-0.39, 0.29) is 16.6 Å². The Labute approximate surface area is 217 Å². The summed E-state index contributed by atoms with van der Waals surface area (Å²) in [6.45, 7) is 6.42. The van der Waals surface area contributed by atoms with Crippen LogP contribution in [0.4, 0.5) is 11.4 Å². The van der Waals surface area contributed by atoms with Gasteiger partial charge in [0.25, 0.3) is 5.91 Å². The normalized spacial score (nSPS) is 16.1. The fraction of sp³-hybridized carbons (Fsp3) is 0.370. The van der Waals surface area contributed by atoms with Crippen LogP contribution in [-0.2, 0) is 16.3 Å². The minimum absolute atomic E-state index is 0.0488. The lowest BCUT2D eigenvalue weighted by molar-refractivity contribution is 0.0973. The molecule has 0 fully saturated rings. The molecule has 2 aliphatic heterocycles. The molecule has 0 radical (unpaired) electrons. The van der Waals surface area contributed by atoms with Crippen molar-refractivity contribution in [2.45, 2.75) is 31.7 Å². The van der Waals surface area contributed by atoms with Gasteiger partial charge in [-0.1, -0.05) is 13.8 Å². The van der Waals surface area contributed by atoms with Gasteiger partial charge in [0.1, 0.15) is 17.3 Å². The second-order valence-electron chi connectivity index (χ2n) is 9.64. The summed E-state index contributed by atoms with van der Waals surface area (Å²) in [6, 6.07) is 14.9.